The highest BCUT2D eigenvalue weighted by Gasteiger charge is 2.02. The van der Waals surface area contributed by atoms with Gasteiger partial charge in [0.05, 0.1) is 6.54 Å². The first-order valence-electron chi connectivity index (χ1n) is 7.88. The molecule has 0 spiro atoms. The molecule has 0 radical (unpaired) electrons. The summed E-state index contributed by atoms with van der Waals surface area (Å²) in [5.74, 6) is 1.03. The van der Waals surface area contributed by atoms with Gasteiger partial charge in [0.1, 0.15) is 34.6 Å². The van der Waals surface area contributed by atoms with E-state index in [1.165, 1.54) is 6.07 Å². The van der Waals surface area contributed by atoms with Crippen molar-refractivity contribution >= 4 is 28.0 Å². The zero-order valence-electron chi connectivity index (χ0n) is 14.1. The van der Waals surface area contributed by atoms with Crippen molar-refractivity contribution in [2.24, 2.45) is 10.9 Å². The summed E-state index contributed by atoms with van der Waals surface area (Å²) in [6.07, 6.45) is 4.31. The Balaban J connectivity index is 0.000000156. The molecule has 2 heterocycles. The molecule has 0 saturated heterocycles. The molecule has 4 aromatic rings. The van der Waals surface area contributed by atoms with Crippen molar-refractivity contribution in [1.82, 2.24) is 19.9 Å². The minimum Gasteiger partial charge on any atom is -0.506 e. The van der Waals surface area contributed by atoms with Crippen LogP contribution >= 0.6 is 0 Å². The van der Waals surface area contributed by atoms with Crippen LogP contribution in [0.25, 0.3) is 21.8 Å². The van der Waals surface area contributed by atoms with Crippen molar-refractivity contribution in [3.05, 3.63) is 60.4 Å². The number of fused-ring (bicyclic) bond motifs is 2. The minimum atomic E-state index is 0.0810. The third-order valence-corrected chi connectivity index (χ3v) is 3.60. The van der Waals surface area contributed by atoms with Crippen molar-refractivity contribution in [3.63, 3.8) is 0 Å². The maximum atomic E-state index is 9.47. The number of phenolic OH excluding ortho intramolecular Hbond substituents is 2. The first-order chi connectivity index (χ1) is 13.1. The van der Waals surface area contributed by atoms with E-state index in [0.29, 0.717) is 16.9 Å². The number of para-hydroxylation sites is 2. The fourth-order valence-corrected chi connectivity index (χ4v) is 2.34. The van der Waals surface area contributed by atoms with Crippen LogP contribution in [-0.2, 0) is 6.54 Å². The van der Waals surface area contributed by atoms with E-state index in [0.717, 1.165) is 17.0 Å². The predicted octanol–water partition coefficient (Wildman–Crippen LogP) is 1.94. The van der Waals surface area contributed by atoms with Crippen molar-refractivity contribution in [2.45, 2.75) is 6.54 Å². The van der Waals surface area contributed by atoms with Gasteiger partial charge in [0.25, 0.3) is 0 Å². The Bertz CT molecular complexity index is 1120. The number of hydrogen-bond donors (Lipinski definition) is 4. The van der Waals surface area contributed by atoms with E-state index in [4.69, 9.17) is 10.9 Å². The number of hydrogen-bond acceptors (Lipinski definition) is 9. The fraction of sp³-hybridized carbons (Fsp3) is 0.0556. The smallest absolute Gasteiger partial charge is 0.174 e. The second-order valence-electron chi connectivity index (χ2n) is 5.39. The summed E-state index contributed by atoms with van der Waals surface area (Å²) in [4.78, 5) is 16.0. The van der Waals surface area contributed by atoms with Crippen LogP contribution in [0.4, 0.5) is 0 Å². The van der Waals surface area contributed by atoms with Crippen LogP contribution in [0.15, 0.2) is 53.9 Å². The second-order valence-corrected chi connectivity index (χ2v) is 5.39. The average Bonchev–Trinajstić information content (AvgIpc) is 2.69. The van der Waals surface area contributed by atoms with E-state index in [1.54, 1.807) is 36.7 Å². The van der Waals surface area contributed by atoms with E-state index in [1.807, 2.05) is 6.07 Å². The van der Waals surface area contributed by atoms with E-state index in [2.05, 4.69) is 25.1 Å². The van der Waals surface area contributed by atoms with Gasteiger partial charge in [-0.15, -0.1) is 0 Å². The SMILES string of the molecule is NCc1ncc2cccc(O)c2n1.O/N=C/c1ncc2cccc(O)c2n1. The summed E-state index contributed by atoms with van der Waals surface area (Å²) in [6, 6.07) is 10.2. The van der Waals surface area contributed by atoms with Crippen molar-refractivity contribution < 1.29 is 15.4 Å². The molecule has 0 amide bonds. The van der Waals surface area contributed by atoms with Crippen LogP contribution in [-0.4, -0.2) is 41.6 Å². The largest absolute Gasteiger partial charge is 0.506 e. The van der Waals surface area contributed by atoms with Crippen LogP contribution in [0.5, 0.6) is 11.5 Å². The Morgan fingerprint density at radius 3 is 2.07 bits per heavy atom. The molecule has 2 aromatic carbocycles. The predicted molar refractivity (Wildman–Crippen MR) is 99.7 cm³/mol. The molecule has 5 N–H and O–H groups in total. The number of oxime groups is 1. The molecule has 0 aliphatic carbocycles. The van der Waals surface area contributed by atoms with Gasteiger partial charge < -0.3 is 21.2 Å². The van der Waals surface area contributed by atoms with Crippen LogP contribution in [0.3, 0.4) is 0 Å². The zero-order valence-corrected chi connectivity index (χ0v) is 14.1. The van der Waals surface area contributed by atoms with E-state index < -0.39 is 0 Å². The van der Waals surface area contributed by atoms with E-state index in [-0.39, 0.29) is 23.9 Å². The highest BCUT2D eigenvalue weighted by Crippen LogP contribution is 2.21. The number of nitrogens with two attached hydrogens (primary N) is 1. The maximum Gasteiger partial charge on any atom is 0.174 e. The number of aromatic hydroxyl groups is 2. The highest BCUT2D eigenvalue weighted by atomic mass is 16.4. The van der Waals surface area contributed by atoms with Crippen LogP contribution in [0, 0.1) is 0 Å². The third kappa shape index (κ3) is 4.05. The van der Waals surface area contributed by atoms with Gasteiger partial charge in [-0.2, -0.15) is 0 Å². The summed E-state index contributed by atoms with van der Waals surface area (Å²) in [5, 5.41) is 31.6. The lowest BCUT2D eigenvalue weighted by atomic mass is 10.2. The van der Waals surface area contributed by atoms with Crippen LogP contribution in [0.1, 0.15) is 11.6 Å². The van der Waals surface area contributed by atoms with Gasteiger partial charge >= 0.3 is 0 Å². The van der Waals surface area contributed by atoms with Crippen molar-refractivity contribution in [2.75, 3.05) is 0 Å². The monoisotopic (exact) mass is 364 g/mol. The number of nitrogens with zero attached hydrogens (tertiary/aromatic N) is 5. The summed E-state index contributed by atoms with van der Waals surface area (Å²) >= 11 is 0. The normalized spacial score (nSPS) is 10.9. The van der Waals surface area contributed by atoms with Gasteiger partial charge in [-0.1, -0.05) is 29.4 Å². The zero-order chi connectivity index (χ0) is 19.2. The third-order valence-electron chi connectivity index (χ3n) is 3.60. The first-order valence-corrected chi connectivity index (χ1v) is 7.88. The van der Waals surface area contributed by atoms with Gasteiger partial charge in [0.15, 0.2) is 5.82 Å². The number of aromatic nitrogens is 4. The molecule has 0 fully saturated rings. The van der Waals surface area contributed by atoms with Gasteiger partial charge in [-0.3, -0.25) is 0 Å². The average molecular weight is 364 g/mol. The Morgan fingerprint density at radius 2 is 1.48 bits per heavy atom. The molecule has 0 bridgehead atoms. The van der Waals surface area contributed by atoms with Gasteiger partial charge in [0, 0.05) is 23.2 Å². The molecule has 4 rings (SSSR count). The van der Waals surface area contributed by atoms with Crippen molar-refractivity contribution in [1.29, 1.82) is 0 Å². The number of phenols is 2. The molecule has 0 unspecified atom stereocenters. The molecule has 0 saturated carbocycles. The topological polar surface area (TPSA) is 151 Å². The molecule has 0 aliphatic heterocycles. The fourth-order valence-electron chi connectivity index (χ4n) is 2.34. The Hall–Kier alpha value is -3.85. The molecule has 27 heavy (non-hydrogen) atoms. The van der Waals surface area contributed by atoms with Gasteiger partial charge in [-0.05, 0) is 12.1 Å². The molecule has 136 valence electrons. The van der Waals surface area contributed by atoms with Gasteiger partial charge in [-0.25, -0.2) is 19.9 Å². The Morgan fingerprint density at radius 1 is 0.889 bits per heavy atom. The molecule has 9 heteroatoms. The molecule has 0 atom stereocenters. The standard InChI is InChI=1S/C9H7N3O2.C9H9N3O/c13-7-3-1-2-6-4-10-8(5-11-14)12-9(6)7;10-4-8-11-5-6-2-1-3-7(13)9(6)12-8/h1-5,13-14H;1-3,5,13H,4,10H2/b11-5+;. The lowest BCUT2D eigenvalue weighted by Crippen LogP contribution is -2.02. The quantitative estimate of drug-likeness (QED) is 0.239. The maximum absolute atomic E-state index is 9.47. The second kappa shape index (κ2) is 8.02. The Labute approximate surface area is 153 Å². The summed E-state index contributed by atoms with van der Waals surface area (Å²) < 4.78 is 0. The van der Waals surface area contributed by atoms with Crippen LogP contribution < -0.4 is 5.73 Å². The lowest BCUT2D eigenvalue weighted by molar-refractivity contribution is 0.321. The summed E-state index contributed by atoms with van der Waals surface area (Å²) in [7, 11) is 0. The molecular formula is C18H16N6O3. The minimum absolute atomic E-state index is 0.0810. The summed E-state index contributed by atoms with van der Waals surface area (Å²) in [6.45, 7) is 0.282. The molecule has 2 aromatic heterocycles. The van der Waals surface area contributed by atoms with Crippen LogP contribution in [0.2, 0.25) is 0 Å². The van der Waals surface area contributed by atoms with Crippen molar-refractivity contribution in [3.8, 4) is 11.5 Å². The molecular weight excluding hydrogens is 348 g/mol. The lowest BCUT2D eigenvalue weighted by Gasteiger charge is -2.00. The molecule has 9 nitrogen and oxygen atoms in total. The Kier molecular flexibility index (Phi) is 5.33. The molecule has 0 aliphatic rings. The van der Waals surface area contributed by atoms with Gasteiger partial charge in [0.2, 0.25) is 0 Å². The highest BCUT2D eigenvalue weighted by molar-refractivity contribution is 5.86. The van der Waals surface area contributed by atoms with E-state index in [9.17, 15) is 10.2 Å². The number of benzene rings is 2. The number of rotatable bonds is 2. The first kappa shape index (κ1) is 18.0. The summed E-state index contributed by atoms with van der Waals surface area (Å²) in [5.41, 5.74) is 6.38. The van der Waals surface area contributed by atoms with E-state index >= 15 is 0 Å².